The molecule has 1 aliphatic heterocycles. The van der Waals surface area contributed by atoms with Crippen LogP contribution in [0.15, 0.2) is 35.6 Å². The number of halogens is 2. The Hall–Kier alpha value is -1.37. The van der Waals surface area contributed by atoms with Crippen LogP contribution in [0.3, 0.4) is 0 Å². The second-order valence-electron chi connectivity index (χ2n) is 4.80. The summed E-state index contributed by atoms with van der Waals surface area (Å²) in [6.07, 6.45) is 1.54. The van der Waals surface area contributed by atoms with E-state index < -0.39 is 0 Å². The highest BCUT2D eigenvalue weighted by atomic mass is 35.5. The van der Waals surface area contributed by atoms with Crippen LogP contribution < -0.4 is 4.90 Å². The van der Waals surface area contributed by atoms with E-state index in [-0.39, 0.29) is 5.82 Å². The van der Waals surface area contributed by atoms with E-state index >= 15 is 0 Å². The number of thioether (sulfide) groups is 1. The minimum absolute atomic E-state index is 0.289. The zero-order chi connectivity index (χ0) is 15.4. The van der Waals surface area contributed by atoms with Crippen LogP contribution in [0.4, 0.5) is 10.2 Å². The lowest BCUT2D eigenvalue weighted by Gasteiger charge is -2.27. The Bertz CT molecular complexity index is 632. The van der Waals surface area contributed by atoms with Gasteiger partial charge in [-0.1, -0.05) is 17.7 Å². The fraction of sp³-hybridized carbons (Fsp3) is 0.333. The second-order valence-corrected chi connectivity index (χ2v) is 6.21. The van der Waals surface area contributed by atoms with E-state index in [9.17, 15) is 4.39 Å². The van der Waals surface area contributed by atoms with Crippen molar-refractivity contribution in [2.75, 3.05) is 31.2 Å². The first-order valence-electron chi connectivity index (χ1n) is 6.94. The molecule has 7 heteroatoms. The Morgan fingerprint density at radius 1 is 1.27 bits per heavy atom. The fourth-order valence-corrected chi connectivity index (χ4v) is 3.40. The molecule has 1 aromatic carbocycles. The standard InChI is InChI=1S/C15H15ClFN3OS/c16-12-2-1-3-13(17)11(12)9-22-15-8-14(18-10-19-15)20-4-6-21-7-5-20/h1-3,8,10H,4-7,9H2. The number of nitrogens with zero attached hydrogens (tertiary/aromatic N) is 3. The van der Waals surface area contributed by atoms with Gasteiger partial charge in [0.1, 0.15) is 23.0 Å². The molecule has 0 spiro atoms. The van der Waals surface area contributed by atoms with Gasteiger partial charge in [0.15, 0.2) is 0 Å². The highest BCUT2D eigenvalue weighted by Crippen LogP contribution is 2.28. The molecule has 0 amide bonds. The molecule has 0 atom stereocenters. The monoisotopic (exact) mass is 339 g/mol. The van der Waals surface area contributed by atoms with Crippen LogP contribution in [0, 0.1) is 5.82 Å². The lowest BCUT2D eigenvalue weighted by atomic mass is 10.2. The zero-order valence-electron chi connectivity index (χ0n) is 11.8. The van der Waals surface area contributed by atoms with Crippen molar-refractivity contribution in [1.29, 1.82) is 0 Å². The van der Waals surface area contributed by atoms with Gasteiger partial charge >= 0.3 is 0 Å². The van der Waals surface area contributed by atoms with E-state index in [1.54, 1.807) is 12.1 Å². The molecule has 1 saturated heterocycles. The van der Waals surface area contributed by atoms with Crippen molar-refractivity contribution >= 4 is 29.2 Å². The first-order chi connectivity index (χ1) is 10.7. The first kappa shape index (κ1) is 15.5. The maximum atomic E-state index is 13.8. The average Bonchev–Trinajstić information content (AvgIpc) is 2.55. The summed E-state index contributed by atoms with van der Waals surface area (Å²) >= 11 is 7.49. The van der Waals surface area contributed by atoms with Crippen molar-refractivity contribution in [2.24, 2.45) is 0 Å². The maximum absolute atomic E-state index is 13.8. The van der Waals surface area contributed by atoms with Crippen molar-refractivity contribution < 1.29 is 9.13 Å². The molecule has 0 aliphatic carbocycles. The molecule has 22 heavy (non-hydrogen) atoms. The van der Waals surface area contributed by atoms with E-state index in [2.05, 4.69) is 14.9 Å². The molecule has 1 aliphatic rings. The Morgan fingerprint density at radius 3 is 2.86 bits per heavy atom. The highest BCUT2D eigenvalue weighted by molar-refractivity contribution is 7.98. The van der Waals surface area contributed by atoms with E-state index in [0.29, 0.717) is 29.6 Å². The molecule has 1 fully saturated rings. The Labute approximate surface area is 137 Å². The molecule has 116 valence electrons. The van der Waals surface area contributed by atoms with Gasteiger partial charge in [0.25, 0.3) is 0 Å². The van der Waals surface area contributed by atoms with Crippen LogP contribution in [-0.2, 0) is 10.5 Å². The van der Waals surface area contributed by atoms with Gasteiger partial charge < -0.3 is 9.64 Å². The maximum Gasteiger partial charge on any atom is 0.133 e. The number of morpholine rings is 1. The Kier molecular flexibility index (Phi) is 5.12. The smallest absolute Gasteiger partial charge is 0.133 e. The summed E-state index contributed by atoms with van der Waals surface area (Å²) in [5.41, 5.74) is 0.501. The zero-order valence-corrected chi connectivity index (χ0v) is 13.4. The molecule has 0 N–H and O–H groups in total. The van der Waals surface area contributed by atoms with Gasteiger partial charge in [-0.15, -0.1) is 11.8 Å². The topological polar surface area (TPSA) is 38.2 Å². The van der Waals surface area contributed by atoms with Crippen LogP contribution in [-0.4, -0.2) is 36.3 Å². The SMILES string of the molecule is Fc1cccc(Cl)c1CSc1cc(N2CCOCC2)ncn1. The van der Waals surface area contributed by atoms with Gasteiger partial charge in [-0.2, -0.15) is 0 Å². The van der Waals surface area contributed by atoms with Crippen molar-refractivity contribution in [3.05, 3.63) is 47.0 Å². The number of ether oxygens (including phenoxy) is 1. The van der Waals surface area contributed by atoms with Gasteiger partial charge in [-0.25, -0.2) is 14.4 Å². The number of rotatable bonds is 4. The molecule has 1 aromatic heterocycles. The molecule has 0 unspecified atom stereocenters. The third kappa shape index (κ3) is 3.69. The van der Waals surface area contributed by atoms with E-state index in [1.165, 1.54) is 24.2 Å². The number of aromatic nitrogens is 2. The summed E-state index contributed by atoms with van der Waals surface area (Å²) in [6.45, 7) is 3.05. The molecule has 0 bridgehead atoms. The molecule has 2 heterocycles. The van der Waals surface area contributed by atoms with Crippen LogP contribution in [0.5, 0.6) is 0 Å². The van der Waals surface area contributed by atoms with Gasteiger partial charge in [-0.3, -0.25) is 0 Å². The minimum atomic E-state index is -0.289. The molecular formula is C15H15ClFN3OS. The summed E-state index contributed by atoms with van der Waals surface area (Å²) in [5, 5.41) is 1.24. The third-order valence-electron chi connectivity index (χ3n) is 3.39. The first-order valence-corrected chi connectivity index (χ1v) is 8.31. The molecule has 0 radical (unpaired) electrons. The van der Waals surface area contributed by atoms with Crippen LogP contribution >= 0.6 is 23.4 Å². The number of anilines is 1. The Balaban J connectivity index is 1.70. The predicted molar refractivity (Wildman–Crippen MR) is 86.0 cm³/mol. The lowest BCUT2D eigenvalue weighted by Crippen LogP contribution is -2.36. The number of benzene rings is 1. The largest absolute Gasteiger partial charge is 0.378 e. The highest BCUT2D eigenvalue weighted by Gasteiger charge is 2.14. The van der Waals surface area contributed by atoms with Crippen molar-refractivity contribution in [2.45, 2.75) is 10.8 Å². The quantitative estimate of drug-likeness (QED) is 0.630. The summed E-state index contributed by atoms with van der Waals surface area (Å²) < 4.78 is 19.1. The Morgan fingerprint density at radius 2 is 2.09 bits per heavy atom. The summed E-state index contributed by atoms with van der Waals surface area (Å²) in [6, 6.07) is 6.64. The molecular weight excluding hydrogens is 325 g/mol. The van der Waals surface area contributed by atoms with Gasteiger partial charge in [0.2, 0.25) is 0 Å². The third-order valence-corrected chi connectivity index (χ3v) is 4.69. The van der Waals surface area contributed by atoms with Gasteiger partial charge in [0, 0.05) is 35.5 Å². The van der Waals surface area contributed by atoms with Crippen LogP contribution in [0.25, 0.3) is 0 Å². The lowest BCUT2D eigenvalue weighted by molar-refractivity contribution is 0.122. The summed E-state index contributed by atoms with van der Waals surface area (Å²) in [7, 11) is 0. The predicted octanol–water partition coefficient (Wildman–Crippen LogP) is 3.40. The number of hydrogen-bond donors (Lipinski definition) is 0. The van der Waals surface area contributed by atoms with Gasteiger partial charge in [0.05, 0.1) is 13.2 Å². The molecule has 0 saturated carbocycles. The molecule has 3 rings (SSSR count). The van der Waals surface area contributed by atoms with E-state index in [1.807, 2.05) is 6.07 Å². The average molecular weight is 340 g/mol. The van der Waals surface area contributed by atoms with Crippen LogP contribution in [0.1, 0.15) is 5.56 Å². The summed E-state index contributed by atoms with van der Waals surface area (Å²) in [5.74, 6) is 1.02. The van der Waals surface area contributed by atoms with Gasteiger partial charge in [-0.05, 0) is 12.1 Å². The van der Waals surface area contributed by atoms with Crippen LogP contribution in [0.2, 0.25) is 5.02 Å². The molecule has 4 nitrogen and oxygen atoms in total. The van der Waals surface area contributed by atoms with E-state index in [0.717, 1.165) is 23.9 Å². The number of hydrogen-bond acceptors (Lipinski definition) is 5. The normalized spacial score (nSPS) is 15.1. The molecule has 2 aromatic rings. The van der Waals surface area contributed by atoms with E-state index in [4.69, 9.17) is 16.3 Å². The minimum Gasteiger partial charge on any atom is -0.378 e. The summed E-state index contributed by atoms with van der Waals surface area (Å²) in [4.78, 5) is 10.7. The fourth-order valence-electron chi connectivity index (χ4n) is 2.19. The van der Waals surface area contributed by atoms with Crippen molar-refractivity contribution in [1.82, 2.24) is 9.97 Å². The van der Waals surface area contributed by atoms with Crippen molar-refractivity contribution in [3.63, 3.8) is 0 Å². The second kappa shape index (κ2) is 7.26. The van der Waals surface area contributed by atoms with Crippen molar-refractivity contribution in [3.8, 4) is 0 Å².